The van der Waals surface area contributed by atoms with Crippen LogP contribution in [-0.2, 0) is 9.59 Å². The molecule has 1 aliphatic heterocycles. The summed E-state index contributed by atoms with van der Waals surface area (Å²) in [5, 5.41) is 2.97. The van der Waals surface area contributed by atoms with Gasteiger partial charge in [-0.15, -0.1) is 0 Å². The lowest BCUT2D eigenvalue weighted by Crippen LogP contribution is -2.48. The molecule has 0 spiro atoms. The summed E-state index contributed by atoms with van der Waals surface area (Å²) in [5.41, 5.74) is 0. The van der Waals surface area contributed by atoms with Crippen molar-refractivity contribution in [3.63, 3.8) is 0 Å². The maximum atomic E-state index is 12.3. The van der Waals surface area contributed by atoms with Crippen molar-refractivity contribution in [1.29, 1.82) is 0 Å². The number of hydrogen-bond acceptors (Lipinski definition) is 3. The molecular weight excluding hydrogens is 230 g/mol. The van der Waals surface area contributed by atoms with Crippen LogP contribution in [-0.4, -0.2) is 60.9 Å². The van der Waals surface area contributed by atoms with E-state index in [-0.39, 0.29) is 17.9 Å². The summed E-state index contributed by atoms with van der Waals surface area (Å²) in [7, 11) is 1.83. The van der Waals surface area contributed by atoms with Gasteiger partial charge < -0.3 is 15.1 Å². The van der Waals surface area contributed by atoms with E-state index in [0.717, 1.165) is 19.4 Å². The van der Waals surface area contributed by atoms with E-state index in [4.69, 9.17) is 0 Å². The van der Waals surface area contributed by atoms with Gasteiger partial charge in [-0.3, -0.25) is 9.59 Å². The highest BCUT2D eigenvalue weighted by Crippen LogP contribution is 2.20. The quantitative estimate of drug-likeness (QED) is 0.750. The maximum absolute atomic E-state index is 12.3. The van der Waals surface area contributed by atoms with Crippen molar-refractivity contribution in [2.24, 2.45) is 0 Å². The molecule has 0 aromatic heterocycles. The van der Waals surface area contributed by atoms with E-state index in [9.17, 15) is 9.59 Å². The van der Waals surface area contributed by atoms with Crippen LogP contribution in [0.4, 0.5) is 0 Å². The van der Waals surface area contributed by atoms with Crippen LogP contribution in [0.25, 0.3) is 0 Å². The third-order valence-corrected chi connectivity index (χ3v) is 3.52. The number of amides is 2. The highest BCUT2D eigenvalue weighted by molar-refractivity contribution is 5.88. The molecule has 104 valence electrons. The summed E-state index contributed by atoms with van der Waals surface area (Å²) in [6.45, 7) is 6.77. The van der Waals surface area contributed by atoms with Crippen LogP contribution in [0.2, 0.25) is 0 Å². The molecule has 1 atom stereocenters. The largest absolute Gasteiger partial charge is 0.341 e. The van der Waals surface area contributed by atoms with E-state index < -0.39 is 0 Å². The van der Waals surface area contributed by atoms with Gasteiger partial charge in [0, 0.05) is 32.6 Å². The lowest BCUT2D eigenvalue weighted by molar-refractivity contribution is -0.143. The Morgan fingerprint density at radius 2 is 2.00 bits per heavy atom. The zero-order valence-corrected chi connectivity index (χ0v) is 11.7. The highest BCUT2D eigenvalue weighted by Gasteiger charge is 2.35. The molecule has 0 aliphatic carbocycles. The van der Waals surface area contributed by atoms with Gasteiger partial charge in [-0.25, -0.2) is 0 Å². The standard InChI is InChI=1S/C13H25N3O2/c1-4-15(5-2)13(18)11-7-6-10-16(11)12(17)8-9-14-3/h11,14H,4-10H2,1-3H3. The van der Waals surface area contributed by atoms with Crippen LogP contribution >= 0.6 is 0 Å². The monoisotopic (exact) mass is 255 g/mol. The number of nitrogens with one attached hydrogen (secondary N) is 1. The number of carbonyl (C=O) groups is 2. The normalized spacial score (nSPS) is 19.1. The molecule has 1 aliphatic rings. The van der Waals surface area contributed by atoms with Crippen molar-refractivity contribution in [2.75, 3.05) is 33.2 Å². The molecule has 0 aromatic rings. The van der Waals surface area contributed by atoms with Crippen LogP contribution in [0, 0.1) is 0 Å². The fourth-order valence-corrected chi connectivity index (χ4v) is 2.44. The zero-order valence-electron chi connectivity index (χ0n) is 11.7. The third-order valence-electron chi connectivity index (χ3n) is 3.52. The summed E-state index contributed by atoms with van der Waals surface area (Å²) < 4.78 is 0. The molecule has 1 fully saturated rings. The van der Waals surface area contributed by atoms with Crippen molar-refractivity contribution < 1.29 is 9.59 Å². The summed E-state index contributed by atoms with van der Waals surface area (Å²) in [6, 6.07) is -0.228. The molecule has 2 amide bonds. The third kappa shape index (κ3) is 3.45. The number of nitrogens with zero attached hydrogens (tertiary/aromatic N) is 2. The summed E-state index contributed by atoms with van der Waals surface area (Å²) in [5.74, 6) is 0.197. The first kappa shape index (κ1) is 15.0. The first-order chi connectivity index (χ1) is 8.65. The molecule has 0 aromatic carbocycles. The number of hydrogen-bond donors (Lipinski definition) is 1. The van der Waals surface area contributed by atoms with Crippen molar-refractivity contribution in [3.8, 4) is 0 Å². The minimum Gasteiger partial charge on any atom is -0.341 e. The van der Waals surface area contributed by atoms with Crippen LogP contribution < -0.4 is 5.32 Å². The average Bonchev–Trinajstić information content (AvgIpc) is 2.86. The van der Waals surface area contributed by atoms with Gasteiger partial charge in [0.25, 0.3) is 0 Å². The second-order valence-electron chi connectivity index (χ2n) is 4.61. The van der Waals surface area contributed by atoms with Crippen molar-refractivity contribution in [3.05, 3.63) is 0 Å². The lowest BCUT2D eigenvalue weighted by Gasteiger charge is -2.29. The van der Waals surface area contributed by atoms with E-state index in [1.54, 1.807) is 4.90 Å². The average molecular weight is 255 g/mol. The van der Waals surface area contributed by atoms with E-state index in [2.05, 4.69) is 5.32 Å². The zero-order chi connectivity index (χ0) is 13.5. The van der Waals surface area contributed by atoms with Crippen LogP contribution in [0.5, 0.6) is 0 Å². The first-order valence-corrected chi connectivity index (χ1v) is 6.88. The molecule has 5 nitrogen and oxygen atoms in total. The second kappa shape index (κ2) is 7.36. The van der Waals surface area contributed by atoms with E-state index >= 15 is 0 Å². The lowest BCUT2D eigenvalue weighted by atomic mass is 10.2. The van der Waals surface area contributed by atoms with Gasteiger partial charge in [0.2, 0.25) is 11.8 Å². The molecule has 18 heavy (non-hydrogen) atoms. The molecule has 0 radical (unpaired) electrons. The summed E-state index contributed by atoms with van der Waals surface area (Å²) >= 11 is 0. The molecule has 5 heteroatoms. The minimum absolute atomic E-state index is 0.0901. The molecule has 1 heterocycles. The number of carbonyl (C=O) groups excluding carboxylic acids is 2. The smallest absolute Gasteiger partial charge is 0.245 e. The minimum atomic E-state index is -0.228. The number of likely N-dealkylation sites (N-methyl/N-ethyl adjacent to an activating group) is 1. The van der Waals surface area contributed by atoms with Crippen molar-refractivity contribution in [2.45, 2.75) is 39.2 Å². The van der Waals surface area contributed by atoms with Crippen molar-refractivity contribution in [1.82, 2.24) is 15.1 Å². The first-order valence-electron chi connectivity index (χ1n) is 6.88. The molecule has 1 rings (SSSR count). The Bertz CT molecular complexity index is 290. The molecule has 0 bridgehead atoms. The topological polar surface area (TPSA) is 52.7 Å². The van der Waals surface area contributed by atoms with E-state index in [0.29, 0.717) is 26.1 Å². The molecule has 0 saturated carbocycles. The molecule has 1 unspecified atom stereocenters. The Labute approximate surface area is 110 Å². The van der Waals surface area contributed by atoms with Gasteiger partial charge in [-0.05, 0) is 33.7 Å². The van der Waals surface area contributed by atoms with E-state index in [1.165, 1.54) is 0 Å². The maximum Gasteiger partial charge on any atom is 0.245 e. The van der Waals surface area contributed by atoms with Crippen molar-refractivity contribution >= 4 is 11.8 Å². The fraction of sp³-hybridized carbons (Fsp3) is 0.846. The Morgan fingerprint density at radius 3 is 2.56 bits per heavy atom. The second-order valence-corrected chi connectivity index (χ2v) is 4.61. The van der Waals surface area contributed by atoms with Crippen LogP contribution in [0.1, 0.15) is 33.1 Å². The Kier molecular flexibility index (Phi) is 6.12. The predicted molar refractivity (Wildman–Crippen MR) is 71.2 cm³/mol. The molecule has 1 N–H and O–H groups in total. The molecule has 1 saturated heterocycles. The predicted octanol–water partition coefficient (Wildman–Crippen LogP) is 0.455. The highest BCUT2D eigenvalue weighted by atomic mass is 16.2. The summed E-state index contributed by atoms with van der Waals surface area (Å²) in [4.78, 5) is 27.9. The van der Waals surface area contributed by atoms with E-state index in [1.807, 2.05) is 25.8 Å². The SMILES string of the molecule is CCN(CC)C(=O)C1CCCN1C(=O)CCNC. The number of likely N-dealkylation sites (tertiary alicyclic amines) is 1. The van der Waals surface area contributed by atoms with Gasteiger partial charge in [-0.2, -0.15) is 0 Å². The Morgan fingerprint density at radius 1 is 1.33 bits per heavy atom. The summed E-state index contributed by atoms with van der Waals surface area (Å²) in [6.07, 6.45) is 2.21. The van der Waals surface area contributed by atoms with Gasteiger partial charge >= 0.3 is 0 Å². The van der Waals surface area contributed by atoms with Gasteiger partial charge in [-0.1, -0.05) is 0 Å². The van der Waals surface area contributed by atoms with Gasteiger partial charge in [0.05, 0.1) is 0 Å². The van der Waals surface area contributed by atoms with Gasteiger partial charge in [0.1, 0.15) is 6.04 Å². The Hall–Kier alpha value is -1.10. The number of rotatable bonds is 6. The van der Waals surface area contributed by atoms with Gasteiger partial charge in [0.15, 0.2) is 0 Å². The van der Waals surface area contributed by atoms with Crippen LogP contribution in [0.15, 0.2) is 0 Å². The fourth-order valence-electron chi connectivity index (χ4n) is 2.44. The van der Waals surface area contributed by atoms with Crippen LogP contribution in [0.3, 0.4) is 0 Å². The molecular formula is C13H25N3O2. The Balaban J connectivity index is 2.63.